The van der Waals surface area contributed by atoms with E-state index < -0.39 is 0 Å². The maximum atomic E-state index is 4.76. The molecule has 10 aromatic rings. The Morgan fingerprint density at radius 3 is 1.71 bits per heavy atom. The lowest BCUT2D eigenvalue weighted by atomic mass is 9.92. The van der Waals surface area contributed by atoms with E-state index in [4.69, 9.17) is 9.97 Å². The van der Waals surface area contributed by atoms with Crippen molar-refractivity contribution in [2.24, 2.45) is 0 Å². The molecule has 0 saturated carbocycles. The van der Waals surface area contributed by atoms with Gasteiger partial charge in [0.15, 0.2) is 0 Å². The fourth-order valence-corrected chi connectivity index (χ4v) is 9.38. The van der Waals surface area contributed by atoms with Crippen molar-refractivity contribution in [3.8, 4) is 44.5 Å². The van der Waals surface area contributed by atoms with E-state index in [1.54, 1.807) is 12.4 Å². The van der Waals surface area contributed by atoms with Gasteiger partial charge in [-0.15, -0.1) is 11.3 Å². The second kappa shape index (κ2) is 14.0. The minimum atomic E-state index is 0.936. The minimum Gasteiger partial charge on any atom is -0.252 e. The Morgan fingerprint density at radius 2 is 1.00 bits per heavy atom. The summed E-state index contributed by atoms with van der Waals surface area (Å²) in [5, 5.41) is 7.12. The normalized spacial score (nSPS) is 11.9. The highest BCUT2D eigenvalue weighted by atomic mass is 32.1. The molecule has 2 heterocycles. The highest BCUT2D eigenvalue weighted by Gasteiger charge is 2.18. The first kappa shape index (κ1) is 33.6. The molecule has 2 aromatic heterocycles. The molecule has 3 heteroatoms. The number of nitrogens with zero attached hydrogens (tertiary/aromatic N) is 2. The Hall–Kier alpha value is -6.94. The van der Waals surface area contributed by atoms with Crippen LogP contribution in [0.3, 0.4) is 0 Å². The highest BCUT2D eigenvalue weighted by molar-refractivity contribution is 7.27. The van der Waals surface area contributed by atoms with E-state index in [0.29, 0.717) is 0 Å². The third-order valence-corrected chi connectivity index (χ3v) is 12.1. The smallest absolute Gasteiger partial charge is 0.0971 e. The predicted molar refractivity (Wildman–Crippen MR) is 242 cm³/mol. The summed E-state index contributed by atoms with van der Waals surface area (Å²) in [6.45, 7) is 6.52. The minimum absolute atomic E-state index is 0.936. The molecule has 0 radical (unpaired) electrons. The van der Waals surface area contributed by atoms with E-state index in [-0.39, 0.29) is 0 Å². The van der Waals surface area contributed by atoms with Crippen LogP contribution < -0.4 is 0 Å². The van der Waals surface area contributed by atoms with Gasteiger partial charge < -0.3 is 0 Å². The van der Waals surface area contributed by atoms with Gasteiger partial charge in [0.1, 0.15) is 0 Å². The number of aromatic nitrogens is 2. The molecule has 0 aliphatic heterocycles. The summed E-state index contributed by atoms with van der Waals surface area (Å²) in [6.07, 6.45) is 11.8. The number of allylic oxidation sites excluding steroid dienone is 5. The first-order chi connectivity index (χ1) is 27.6. The molecule has 0 spiro atoms. The third-order valence-electron chi connectivity index (χ3n) is 10.8. The molecule has 56 heavy (non-hydrogen) atoms. The lowest BCUT2D eigenvalue weighted by molar-refractivity contribution is 1.31. The summed E-state index contributed by atoms with van der Waals surface area (Å²) in [7, 11) is 0. The van der Waals surface area contributed by atoms with Crippen LogP contribution in [0.5, 0.6) is 0 Å². The molecule has 0 amide bonds. The molecule has 0 N–H and O–H groups in total. The van der Waals surface area contributed by atoms with Crippen molar-refractivity contribution in [2.75, 3.05) is 0 Å². The Morgan fingerprint density at radius 1 is 0.464 bits per heavy atom. The number of hydrogen-bond acceptors (Lipinski definition) is 3. The average molecular weight is 733 g/mol. The van der Waals surface area contributed by atoms with E-state index in [9.17, 15) is 0 Å². The number of hydrogen-bond donors (Lipinski definition) is 0. The quantitative estimate of drug-likeness (QED) is 0.120. The van der Waals surface area contributed by atoms with Gasteiger partial charge in [0.2, 0.25) is 0 Å². The standard InChI is InChI=1S/C53H36N2S/c1-3-4-7-14-34(2)40-30-45(37-17-10-6-11-18-37)52-48(31-40)49-33-41(35-15-8-5-9-16-35)32-46(53(49)56-52)38-23-21-36(22-24-38)39-25-26-44-47(29-39)42-19-12-13-20-43(42)50-51(44)55-28-27-54-50/h3-33H,2H2,1H3/b4-3-,14-7-. The van der Waals surface area contributed by atoms with Gasteiger partial charge in [-0.05, 0) is 92.5 Å². The Labute approximate surface area is 330 Å². The van der Waals surface area contributed by atoms with Gasteiger partial charge in [-0.3, -0.25) is 9.97 Å². The van der Waals surface area contributed by atoms with Crippen molar-refractivity contribution in [1.82, 2.24) is 9.97 Å². The van der Waals surface area contributed by atoms with E-state index in [2.05, 4.69) is 170 Å². The Balaban J connectivity index is 1.16. The van der Waals surface area contributed by atoms with Gasteiger partial charge >= 0.3 is 0 Å². The maximum Gasteiger partial charge on any atom is 0.0971 e. The second-order valence-corrected chi connectivity index (χ2v) is 15.2. The predicted octanol–water partition coefficient (Wildman–Crippen LogP) is 15.1. The van der Waals surface area contributed by atoms with Crippen LogP contribution in [-0.2, 0) is 0 Å². The molecule has 8 aromatic carbocycles. The third kappa shape index (κ3) is 5.81. The monoisotopic (exact) mass is 732 g/mol. The topological polar surface area (TPSA) is 25.8 Å². The molecule has 0 fully saturated rings. The molecule has 0 atom stereocenters. The van der Waals surface area contributed by atoms with Gasteiger partial charge in [-0.25, -0.2) is 0 Å². The van der Waals surface area contributed by atoms with Gasteiger partial charge in [0.25, 0.3) is 0 Å². The summed E-state index contributed by atoms with van der Waals surface area (Å²) < 4.78 is 2.56. The lowest BCUT2D eigenvalue weighted by Gasteiger charge is -2.12. The van der Waals surface area contributed by atoms with E-state index >= 15 is 0 Å². The summed E-state index contributed by atoms with van der Waals surface area (Å²) >= 11 is 1.88. The molecule has 2 nitrogen and oxygen atoms in total. The number of thiophene rings is 1. The van der Waals surface area contributed by atoms with Crippen LogP contribution in [0.15, 0.2) is 195 Å². The van der Waals surface area contributed by atoms with Crippen molar-refractivity contribution in [3.63, 3.8) is 0 Å². The van der Waals surface area contributed by atoms with Crippen LogP contribution in [0.2, 0.25) is 0 Å². The molecule has 0 saturated heterocycles. The van der Waals surface area contributed by atoms with E-state index in [0.717, 1.165) is 32.9 Å². The van der Waals surface area contributed by atoms with Crippen molar-refractivity contribution in [1.29, 1.82) is 0 Å². The van der Waals surface area contributed by atoms with Crippen molar-refractivity contribution in [2.45, 2.75) is 6.92 Å². The molecular formula is C53H36N2S. The van der Waals surface area contributed by atoms with Gasteiger partial charge in [0.05, 0.1) is 11.0 Å². The summed E-state index contributed by atoms with van der Waals surface area (Å²) in [4.78, 5) is 9.47. The van der Waals surface area contributed by atoms with E-state index in [1.165, 1.54) is 75.5 Å². The summed E-state index contributed by atoms with van der Waals surface area (Å²) in [6, 6.07) is 55.2. The molecular weight excluding hydrogens is 697 g/mol. The van der Waals surface area contributed by atoms with Gasteiger partial charge in [-0.1, -0.05) is 152 Å². The lowest BCUT2D eigenvalue weighted by Crippen LogP contribution is -1.89. The summed E-state index contributed by atoms with van der Waals surface area (Å²) in [5.41, 5.74) is 13.6. The molecule has 264 valence electrons. The molecule has 10 rings (SSSR count). The maximum absolute atomic E-state index is 4.76. The molecule has 0 unspecified atom stereocenters. The van der Waals surface area contributed by atoms with Crippen LogP contribution in [-0.4, -0.2) is 9.97 Å². The van der Waals surface area contributed by atoms with Crippen LogP contribution in [0.1, 0.15) is 12.5 Å². The number of fused-ring (bicyclic) bond motifs is 9. The van der Waals surface area contributed by atoms with Crippen LogP contribution in [0, 0.1) is 0 Å². The zero-order valence-corrected chi connectivity index (χ0v) is 31.7. The summed E-state index contributed by atoms with van der Waals surface area (Å²) in [5.74, 6) is 0. The number of rotatable bonds is 7. The van der Waals surface area contributed by atoms with E-state index in [1.807, 2.05) is 30.4 Å². The second-order valence-electron chi connectivity index (χ2n) is 14.2. The largest absolute Gasteiger partial charge is 0.252 e. The van der Waals surface area contributed by atoms with Gasteiger partial charge in [0, 0.05) is 54.5 Å². The van der Waals surface area contributed by atoms with Crippen molar-refractivity contribution in [3.05, 3.63) is 200 Å². The van der Waals surface area contributed by atoms with Crippen LogP contribution in [0.4, 0.5) is 0 Å². The highest BCUT2D eigenvalue weighted by Crippen LogP contribution is 2.47. The Bertz CT molecular complexity index is 3150. The zero-order valence-electron chi connectivity index (χ0n) is 30.9. The van der Waals surface area contributed by atoms with Gasteiger partial charge in [-0.2, -0.15) is 0 Å². The molecule has 0 bridgehead atoms. The molecule has 0 aliphatic rings. The van der Waals surface area contributed by atoms with Crippen LogP contribution in [0.25, 0.3) is 103 Å². The fourth-order valence-electron chi connectivity index (χ4n) is 8.04. The van der Waals surface area contributed by atoms with Crippen LogP contribution >= 0.6 is 11.3 Å². The van der Waals surface area contributed by atoms with Crippen molar-refractivity contribution < 1.29 is 0 Å². The average Bonchev–Trinajstić information content (AvgIpc) is 3.65. The SMILES string of the molecule is C=C(/C=C\C=C/C)c1cc(-c2ccccc2)c2sc3c(-c4ccc(-c5ccc6c(c5)c5ccccc5c5nccnc65)cc4)cc(-c4ccccc4)cc3c2c1. The fraction of sp³-hybridized carbons (Fsp3) is 0.0189. The first-order valence-corrected chi connectivity index (χ1v) is 19.8. The first-order valence-electron chi connectivity index (χ1n) is 18.9. The molecule has 0 aliphatic carbocycles. The zero-order chi connectivity index (χ0) is 37.6. The Kier molecular flexibility index (Phi) is 8.43. The van der Waals surface area contributed by atoms with Crippen molar-refractivity contribution >= 4 is 69.7 Å². The number of benzene rings is 8.